The molecule has 0 N–H and O–H groups in total. The minimum atomic E-state index is -0.371. The van der Waals surface area contributed by atoms with Gasteiger partial charge < -0.3 is 9.30 Å². The monoisotopic (exact) mass is 258 g/mol. The number of hydrogen-bond donors (Lipinski definition) is 0. The van der Waals surface area contributed by atoms with Crippen LogP contribution in [-0.4, -0.2) is 22.1 Å². The first kappa shape index (κ1) is 13.3. The van der Waals surface area contributed by atoms with Crippen molar-refractivity contribution < 1.29 is 9.53 Å². The van der Waals surface area contributed by atoms with E-state index in [0.29, 0.717) is 6.61 Å². The van der Waals surface area contributed by atoms with Crippen LogP contribution in [0.3, 0.4) is 0 Å². The highest BCUT2D eigenvalue weighted by Crippen LogP contribution is 2.16. The summed E-state index contributed by atoms with van der Waals surface area (Å²) >= 11 is 0. The number of hydrogen-bond acceptors (Lipinski definition) is 3. The predicted octanol–water partition coefficient (Wildman–Crippen LogP) is 2.72. The molecule has 100 valence electrons. The SMILES string of the molecule is C=CC(=O)OCCCc1nc2ccccc2n1CC. The number of imidazole rings is 1. The Kier molecular flexibility index (Phi) is 4.34. The quantitative estimate of drug-likeness (QED) is 0.454. The smallest absolute Gasteiger partial charge is 0.330 e. The van der Waals surface area contributed by atoms with E-state index in [1.165, 1.54) is 6.08 Å². The molecule has 2 aromatic rings. The summed E-state index contributed by atoms with van der Waals surface area (Å²) in [6.45, 7) is 6.76. The zero-order chi connectivity index (χ0) is 13.7. The van der Waals surface area contributed by atoms with Crippen molar-refractivity contribution in [1.29, 1.82) is 0 Å². The average Bonchev–Trinajstić information content (AvgIpc) is 2.80. The largest absolute Gasteiger partial charge is 0.463 e. The number of carbonyl (C=O) groups is 1. The lowest BCUT2D eigenvalue weighted by atomic mass is 10.3. The molecule has 4 nitrogen and oxygen atoms in total. The maximum absolute atomic E-state index is 10.9. The second-order valence-corrected chi connectivity index (χ2v) is 4.24. The Hall–Kier alpha value is -2.10. The molecule has 0 aliphatic heterocycles. The van der Waals surface area contributed by atoms with Crippen molar-refractivity contribution in [2.75, 3.05) is 6.61 Å². The lowest BCUT2D eigenvalue weighted by molar-refractivity contribution is -0.137. The fourth-order valence-electron chi connectivity index (χ4n) is 2.13. The van der Waals surface area contributed by atoms with Crippen molar-refractivity contribution >= 4 is 17.0 Å². The minimum Gasteiger partial charge on any atom is -0.463 e. The van der Waals surface area contributed by atoms with Crippen molar-refractivity contribution in [3.63, 3.8) is 0 Å². The molecule has 0 aliphatic rings. The molecule has 0 aliphatic carbocycles. The van der Waals surface area contributed by atoms with Crippen LogP contribution in [0.4, 0.5) is 0 Å². The van der Waals surface area contributed by atoms with Crippen LogP contribution in [0.5, 0.6) is 0 Å². The standard InChI is InChI=1S/C15H18N2O2/c1-3-15(18)19-11-7-10-14-16-12-8-5-6-9-13(12)17(14)4-2/h3,5-6,8-9H,1,4,7,10-11H2,2H3. The molecule has 1 aromatic heterocycles. The van der Waals surface area contributed by atoms with E-state index in [4.69, 9.17) is 4.74 Å². The van der Waals surface area contributed by atoms with Crippen LogP contribution in [0.1, 0.15) is 19.2 Å². The lowest BCUT2D eigenvalue weighted by Gasteiger charge is -2.06. The van der Waals surface area contributed by atoms with Gasteiger partial charge in [-0.25, -0.2) is 9.78 Å². The highest BCUT2D eigenvalue weighted by Gasteiger charge is 2.08. The Morgan fingerprint density at radius 1 is 1.47 bits per heavy atom. The number of aryl methyl sites for hydroxylation is 2. The molecule has 0 atom stereocenters. The van der Waals surface area contributed by atoms with E-state index in [0.717, 1.165) is 36.2 Å². The number of ether oxygens (including phenoxy) is 1. The van der Waals surface area contributed by atoms with Gasteiger partial charge in [0, 0.05) is 19.0 Å². The first-order chi connectivity index (χ1) is 9.26. The molecule has 0 saturated heterocycles. The van der Waals surface area contributed by atoms with Crippen molar-refractivity contribution in [1.82, 2.24) is 9.55 Å². The van der Waals surface area contributed by atoms with Crippen molar-refractivity contribution in [2.24, 2.45) is 0 Å². The van der Waals surface area contributed by atoms with Crippen molar-refractivity contribution in [3.8, 4) is 0 Å². The zero-order valence-corrected chi connectivity index (χ0v) is 11.1. The van der Waals surface area contributed by atoms with Crippen LogP contribution in [0.25, 0.3) is 11.0 Å². The summed E-state index contributed by atoms with van der Waals surface area (Å²) in [5, 5.41) is 0. The fraction of sp³-hybridized carbons (Fsp3) is 0.333. The number of fused-ring (bicyclic) bond motifs is 1. The van der Waals surface area contributed by atoms with E-state index in [1.54, 1.807) is 0 Å². The van der Waals surface area contributed by atoms with Gasteiger partial charge in [-0.3, -0.25) is 0 Å². The Labute approximate surface area is 112 Å². The van der Waals surface area contributed by atoms with E-state index in [9.17, 15) is 4.79 Å². The fourth-order valence-corrected chi connectivity index (χ4v) is 2.13. The topological polar surface area (TPSA) is 44.1 Å². The third-order valence-corrected chi connectivity index (χ3v) is 3.01. The number of para-hydroxylation sites is 2. The predicted molar refractivity (Wildman–Crippen MR) is 74.9 cm³/mol. The number of rotatable bonds is 6. The van der Waals surface area contributed by atoms with E-state index in [1.807, 2.05) is 18.2 Å². The summed E-state index contributed by atoms with van der Waals surface area (Å²) in [4.78, 5) is 15.5. The second-order valence-electron chi connectivity index (χ2n) is 4.24. The summed E-state index contributed by atoms with van der Waals surface area (Å²) < 4.78 is 7.17. The van der Waals surface area contributed by atoms with Crippen LogP contribution >= 0.6 is 0 Å². The molecule has 0 fully saturated rings. The highest BCUT2D eigenvalue weighted by atomic mass is 16.5. The van der Waals surface area contributed by atoms with Gasteiger partial charge in [-0.1, -0.05) is 18.7 Å². The molecule has 0 spiro atoms. The normalized spacial score (nSPS) is 10.6. The summed E-state index contributed by atoms with van der Waals surface area (Å²) in [7, 11) is 0. The van der Waals surface area contributed by atoms with Gasteiger partial charge in [-0.2, -0.15) is 0 Å². The van der Waals surface area contributed by atoms with Gasteiger partial charge in [-0.15, -0.1) is 0 Å². The zero-order valence-electron chi connectivity index (χ0n) is 11.1. The van der Waals surface area contributed by atoms with Gasteiger partial charge in [0.25, 0.3) is 0 Å². The number of carbonyl (C=O) groups excluding carboxylic acids is 1. The molecule has 1 aromatic carbocycles. The van der Waals surface area contributed by atoms with Crippen LogP contribution < -0.4 is 0 Å². The van der Waals surface area contributed by atoms with Crippen molar-refractivity contribution in [3.05, 3.63) is 42.7 Å². The number of nitrogens with zero attached hydrogens (tertiary/aromatic N) is 2. The van der Waals surface area contributed by atoms with Gasteiger partial charge in [0.2, 0.25) is 0 Å². The summed E-state index contributed by atoms with van der Waals surface area (Å²) in [5.74, 6) is 0.669. The number of esters is 1. The maximum atomic E-state index is 10.9. The van der Waals surface area contributed by atoms with Gasteiger partial charge in [0.05, 0.1) is 17.6 Å². The molecule has 2 rings (SSSR count). The van der Waals surface area contributed by atoms with Gasteiger partial charge in [0.15, 0.2) is 0 Å². The molecular formula is C15H18N2O2. The van der Waals surface area contributed by atoms with Crippen LogP contribution in [0.2, 0.25) is 0 Å². The molecule has 19 heavy (non-hydrogen) atoms. The van der Waals surface area contributed by atoms with Gasteiger partial charge in [0.1, 0.15) is 5.82 Å². The molecule has 1 heterocycles. The maximum Gasteiger partial charge on any atom is 0.330 e. The summed E-state index contributed by atoms with van der Waals surface area (Å²) in [5.41, 5.74) is 2.17. The molecule has 0 radical (unpaired) electrons. The van der Waals surface area contributed by atoms with Gasteiger partial charge in [-0.05, 0) is 25.5 Å². The highest BCUT2D eigenvalue weighted by molar-refractivity contribution is 5.81. The Morgan fingerprint density at radius 3 is 3.00 bits per heavy atom. The Bertz CT molecular complexity index is 587. The molecule has 4 heteroatoms. The van der Waals surface area contributed by atoms with Crippen LogP contribution in [0.15, 0.2) is 36.9 Å². The van der Waals surface area contributed by atoms with Crippen molar-refractivity contribution in [2.45, 2.75) is 26.3 Å². The summed E-state index contributed by atoms with van der Waals surface area (Å²) in [6.07, 6.45) is 2.75. The van der Waals surface area contributed by atoms with E-state index in [2.05, 4.69) is 29.1 Å². The minimum absolute atomic E-state index is 0.371. The lowest BCUT2D eigenvalue weighted by Crippen LogP contribution is -2.06. The number of benzene rings is 1. The Morgan fingerprint density at radius 2 is 2.26 bits per heavy atom. The first-order valence-corrected chi connectivity index (χ1v) is 6.49. The molecule has 0 bridgehead atoms. The van der Waals surface area contributed by atoms with Crippen LogP contribution in [-0.2, 0) is 22.5 Å². The van der Waals surface area contributed by atoms with E-state index < -0.39 is 0 Å². The second kappa shape index (κ2) is 6.18. The third kappa shape index (κ3) is 3.02. The van der Waals surface area contributed by atoms with Gasteiger partial charge >= 0.3 is 5.97 Å². The van der Waals surface area contributed by atoms with E-state index >= 15 is 0 Å². The molecular weight excluding hydrogens is 240 g/mol. The van der Waals surface area contributed by atoms with Crippen LogP contribution in [0, 0.1) is 0 Å². The number of aromatic nitrogens is 2. The third-order valence-electron chi connectivity index (χ3n) is 3.01. The Balaban J connectivity index is 2.04. The molecule has 0 unspecified atom stereocenters. The van der Waals surface area contributed by atoms with E-state index in [-0.39, 0.29) is 5.97 Å². The molecule has 0 amide bonds. The molecule has 0 saturated carbocycles. The summed E-state index contributed by atoms with van der Waals surface area (Å²) in [6, 6.07) is 8.10. The average molecular weight is 258 g/mol. The first-order valence-electron chi connectivity index (χ1n) is 6.49.